The Morgan fingerprint density at radius 1 is 1.24 bits per heavy atom. The number of hydrogen-bond donors (Lipinski definition) is 0. The zero-order valence-electron chi connectivity index (χ0n) is 14.0. The first-order chi connectivity index (χ1) is 11.9. The molecular weight excluding hydrogens is 343 g/mol. The first-order valence-corrected chi connectivity index (χ1v) is 8.38. The number of nitrogens with zero attached hydrogens (tertiary/aromatic N) is 2. The van der Waals surface area contributed by atoms with E-state index in [9.17, 15) is 14.0 Å². The summed E-state index contributed by atoms with van der Waals surface area (Å²) < 4.78 is 13.7. The lowest BCUT2D eigenvalue weighted by Gasteiger charge is -2.39. The average molecular weight is 361 g/mol. The summed E-state index contributed by atoms with van der Waals surface area (Å²) in [7, 11) is 0. The number of para-hydroxylation sites is 1. The van der Waals surface area contributed by atoms with Gasteiger partial charge in [-0.05, 0) is 43.7 Å². The van der Waals surface area contributed by atoms with Crippen LogP contribution in [0.3, 0.4) is 0 Å². The van der Waals surface area contributed by atoms with Crippen LogP contribution in [-0.2, 0) is 4.79 Å². The van der Waals surface area contributed by atoms with Gasteiger partial charge in [-0.25, -0.2) is 4.39 Å². The Morgan fingerprint density at radius 2 is 1.96 bits per heavy atom. The molecule has 0 aliphatic carbocycles. The minimum atomic E-state index is -0.431. The number of carbonyl (C=O) groups is 2. The fourth-order valence-corrected chi connectivity index (χ4v) is 3.16. The molecule has 0 N–H and O–H groups in total. The fourth-order valence-electron chi connectivity index (χ4n) is 2.92. The van der Waals surface area contributed by atoms with E-state index < -0.39 is 5.82 Å². The summed E-state index contributed by atoms with van der Waals surface area (Å²) in [5, 5.41) is 0.489. The molecule has 2 aromatic carbocycles. The van der Waals surface area contributed by atoms with Crippen LogP contribution in [-0.4, -0.2) is 35.8 Å². The number of hydrogen-bond acceptors (Lipinski definition) is 2. The highest BCUT2D eigenvalue weighted by Crippen LogP contribution is 2.28. The lowest BCUT2D eigenvalue weighted by Crippen LogP contribution is -2.57. The largest absolute Gasteiger partial charge is 0.325 e. The quantitative estimate of drug-likeness (QED) is 0.820. The van der Waals surface area contributed by atoms with Crippen LogP contribution < -0.4 is 4.90 Å². The fraction of sp³-hybridized carbons (Fsp3) is 0.263. The molecule has 1 fully saturated rings. The van der Waals surface area contributed by atoms with Gasteiger partial charge in [0.1, 0.15) is 12.4 Å². The summed E-state index contributed by atoms with van der Waals surface area (Å²) in [5.74, 6) is -0.995. The van der Waals surface area contributed by atoms with E-state index in [0.717, 1.165) is 0 Å². The minimum absolute atomic E-state index is 0.0687. The van der Waals surface area contributed by atoms with Crippen molar-refractivity contribution in [2.24, 2.45) is 0 Å². The second kappa shape index (κ2) is 6.84. The van der Waals surface area contributed by atoms with Crippen LogP contribution >= 0.6 is 11.6 Å². The first kappa shape index (κ1) is 17.4. The molecule has 1 aliphatic rings. The van der Waals surface area contributed by atoms with Gasteiger partial charge in [0.25, 0.3) is 5.91 Å². The van der Waals surface area contributed by atoms with E-state index in [1.54, 1.807) is 42.2 Å². The molecule has 4 nitrogen and oxygen atoms in total. The molecule has 0 spiro atoms. The standard InChI is InChI=1S/C19H18ClFN2O2/c1-12-7-8-14(9-16(12)21)19(25)22-11-18(24)23(10-13(22)2)17-6-4-3-5-15(17)20/h3-9,13H,10-11H2,1-2H3/t13-/m0/s1. The van der Waals surface area contributed by atoms with Gasteiger partial charge in [0.15, 0.2) is 0 Å². The third-order valence-corrected chi connectivity index (χ3v) is 4.73. The zero-order valence-corrected chi connectivity index (χ0v) is 14.8. The van der Waals surface area contributed by atoms with E-state index in [4.69, 9.17) is 11.6 Å². The SMILES string of the molecule is Cc1ccc(C(=O)N2CC(=O)N(c3ccccc3Cl)C[C@@H]2C)cc1F. The first-order valence-electron chi connectivity index (χ1n) is 8.00. The number of aryl methyl sites for hydroxylation is 1. The smallest absolute Gasteiger partial charge is 0.254 e. The van der Waals surface area contributed by atoms with Crippen molar-refractivity contribution >= 4 is 29.1 Å². The lowest BCUT2D eigenvalue weighted by atomic mass is 10.1. The topological polar surface area (TPSA) is 40.6 Å². The number of amides is 2. The normalized spacial score (nSPS) is 17.8. The van der Waals surface area contributed by atoms with Gasteiger partial charge < -0.3 is 9.80 Å². The molecule has 0 radical (unpaired) electrons. The number of carbonyl (C=O) groups excluding carboxylic acids is 2. The van der Waals surface area contributed by atoms with Crippen molar-refractivity contribution in [3.63, 3.8) is 0 Å². The highest BCUT2D eigenvalue weighted by molar-refractivity contribution is 6.33. The molecule has 2 aromatic rings. The highest BCUT2D eigenvalue weighted by atomic mass is 35.5. The zero-order chi connectivity index (χ0) is 18.1. The van der Waals surface area contributed by atoms with Crippen LogP contribution in [0.25, 0.3) is 0 Å². The number of benzene rings is 2. The molecule has 0 saturated carbocycles. The van der Waals surface area contributed by atoms with Gasteiger partial charge in [-0.15, -0.1) is 0 Å². The Morgan fingerprint density at radius 3 is 2.64 bits per heavy atom. The van der Waals surface area contributed by atoms with Crippen LogP contribution in [0, 0.1) is 12.7 Å². The lowest BCUT2D eigenvalue weighted by molar-refractivity contribution is -0.121. The van der Waals surface area contributed by atoms with Gasteiger partial charge in [-0.1, -0.05) is 29.8 Å². The van der Waals surface area contributed by atoms with Crippen molar-refractivity contribution in [1.29, 1.82) is 0 Å². The number of piperazine rings is 1. The Balaban J connectivity index is 1.82. The molecular formula is C19H18ClFN2O2. The van der Waals surface area contributed by atoms with Crippen LogP contribution in [0.4, 0.5) is 10.1 Å². The van der Waals surface area contributed by atoms with Crippen molar-refractivity contribution in [1.82, 2.24) is 4.90 Å². The van der Waals surface area contributed by atoms with Gasteiger partial charge in [0.05, 0.1) is 10.7 Å². The van der Waals surface area contributed by atoms with E-state index in [1.807, 2.05) is 13.0 Å². The molecule has 1 saturated heterocycles. The molecule has 3 rings (SSSR count). The Kier molecular flexibility index (Phi) is 4.77. The van der Waals surface area contributed by atoms with Gasteiger partial charge in [-0.3, -0.25) is 9.59 Å². The summed E-state index contributed by atoms with van der Waals surface area (Å²) in [6, 6.07) is 11.3. The van der Waals surface area contributed by atoms with Crippen molar-refractivity contribution in [2.75, 3.05) is 18.0 Å². The van der Waals surface area contributed by atoms with Crippen LogP contribution in [0.1, 0.15) is 22.8 Å². The number of halogens is 2. The molecule has 0 unspecified atom stereocenters. The molecule has 6 heteroatoms. The van der Waals surface area contributed by atoms with E-state index in [1.165, 1.54) is 11.0 Å². The number of rotatable bonds is 2. The van der Waals surface area contributed by atoms with Crippen molar-refractivity contribution in [3.05, 3.63) is 64.4 Å². The third kappa shape index (κ3) is 3.37. The molecule has 130 valence electrons. The summed E-state index contributed by atoms with van der Waals surface area (Å²) in [6.07, 6.45) is 0. The molecule has 0 aromatic heterocycles. The van der Waals surface area contributed by atoms with Crippen molar-refractivity contribution < 1.29 is 14.0 Å². The summed E-state index contributed by atoms with van der Waals surface area (Å²) in [5.41, 5.74) is 1.35. The van der Waals surface area contributed by atoms with Gasteiger partial charge in [0, 0.05) is 18.2 Å². The molecule has 1 heterocycles. The summed E-state index contributed by atoms with van der Waals surface area (Å²) in [4.78, 5) is 28.3. The Hall–Kier alpha value is -2.40. The minimum Gasteiger partial charge on any atom is -0.325 e. The van der Waals surface area contributed by atoms with E-state index in [0.29, 0.717) is 22.8 Å². The molecule has 1 aliphatic heterocycles. The van der Waals surface area contributed by atoms with E-state index in [2.05, 4.69) is 0 Å². The van der Waals surface area contributed by atoms with Crippen LogP contribution in [0.5, 0.6) is 0 Å². The maximum absolute atomic E-state index is 13.7. The van der Waals surface area contributed by atoms with Gasteiger partial charge in [0.2, 0.25) is 5.91 Å². The molecule has 25 heavy (non-hydrogen) atoms. The highest BCUT2D eigenvalue weighted by Gasteiger charge is 2.34. The maximum atomic E-state index is 13.7. The monoisotopic (exact) mass is 360 g/mol. The summed E-state index contributed by atoms with van der Waals surface area (Å²) in [6.45, 7) is 3.76. The van der Waals surface area contributed by atoms with Crippen molar-refractivity contribution in [3.8, 4) is 0 Å². The Bertz CT molecular complexity index is 840. The number of anilines is 1. The summed E-state index contributed by atoms with van der Waals surface area (Å²) >= 11 is 6.18. The second-order valence-corrected chi connectivity index (χ2v) is 6.61. The van der Waals surface area contributed by atoms with E-state index >= 15 is 0 Å². The van der Waals surface area contributed by atoms with E-state index in [-0.39, 0.29) is 30.0 Å². The van der Waals surface area contributed by atoms with Crippen LogP contribution in [0.15, 0.2) is 42.5 Å². The van der Waals surface area contributed by atoms with Crippen LogP contribution in [0.2, 0.25) is 5.02 Å². The average Bonchev–Trinajstić information content (AvgIpc) is 2.59. The predicted octanol–water partition coefficient (Wildman–Crippen LogP) is 3.67. The van der Waals surface area contributed by atoms with Gasteiger partial charge in [-0.2, -0.15) is 0 Å². The molecule has 1 atom stereocenters. The predicted molar refractivity (Wildman–Crippen MR) is 95.4 cm³/mol. The maximum Gasteiger partial charge on any atom is 0.254 e. The van der Waals surface area contributed by atoms with Crippen molar-refractivity contribution in [2.45, 2.75) is 19.9 Å². The molecule has 2 amide bonds. The Labute approximate surface area is 150 Å². The third-order valence-electron chi connectivity index (χ3n) is 4.41. The molecule has 0 bridgehead atoms. The van der Waals surface area contributed by atoms with Gasteiger partial charge >= 0.3 is 0 Å². The second-order valence-electron chi connectivity index (χ2n) is 6.20.